The van der Waals surface area contributed by atoms with Gasteiger partial charge in [-0.1, -0.05) is 24.3 Å². The smallest absolute Gasteiger partial charge is 0.333 e. The molecule has 0 saturated heterocycles. The molecule has 0 aliphatic carbocycles. The first kappa shape index (κ1) is 9.77. The van der Waals surface area contributed by atoms with Crippen molar-refractivity contribution in [3.63, 3.8) is 0 Å². The number of hydrogen-bond donors (Lipinski definition) is 1. The van der Waals surface area contributed by atoms with Crippen molar-refractivity contribution in [3.8, 4) is 0 Å². The van der Waals surface area contributed by atoms with Gasteiger partial charge in [-0.2, -0.15) is 0 Å². The SMILES string of the molecule is CCOC(=O)C1NC=Cc2ccccc21. The van der Waals surface area contributed by atoms with E-state index in [2.05, 4.69) is 5.32 Å². The van der Waals surface area contributed by atoms with E-state index in [1.165, 1.54) is 0 Å². The van der Waals surface area contributed by atoms with E-state index in [1.54, 1.807) is 6.20 Å². The summed E-state index contributed by atoms with van der Waals surface area (Å²) >= 11 is 0. The second-order valence-electron chi connectivity index (χ2n) is 3.31. The zero-order chi connectivity index (χ0) is 10.7. The fourth-order valence-corrected chi connectivity index (χ4v) is 1.67. The standard InChI is InChI=1S/C12H13NO2/c1-2-15-12(14)11-10-6-4-3-5-9(10)7-8-13-11/h3-8,11,13H,2H2,1H3. The highest BCUT2D eigenvalue weighted by atomic mass is 16.5. The molecule has 0 fully saturated rings. The molecule has 1 aliphatic heterocycles. The summed E-state index contributed by atoms with van der Waals surface area (Å²) in [5.41, 5.74) is 2.03. The van der Waals surface area contributed by atoms with E-state index in [0.717, 1.165) is 11.1 Å². The van der Waals surface area contributed by atoms with Crippen LogP contribution in [0, 0.1) is 0 Å². The van der Waals surface area contributed by atoms with Gasteiger partial charge in [-0.25, -0.2) is 4.79 Å². The van der Waals surface area contributed by atoms with Crippen molar-refractivity contribution in [2.24, 2.45) is 0 Å². The van der Waals surface area contributed by atoms with Crippen molar-refractivity contribution in [1.29, 1.82) is 0 Å². The molecule has 0 radical (unpaired) electrons. The Morgan fingerprint density at radius 3 is 3.07 bits per heavy atom. The van der Waals surface area contributed by atoms with E-state index in [9.17, 15) is 4.79 Å². The molecule has 0 amide bonds. The molecular formula is C12H13NO2. The third kappa shape index (κ3) is 1.86. The minimum atomic E-state index is -0.369. The van der Waals surface area contributed by atoms with E-state index in [4.69, 9.17) is 4.74 Å². The Balaban J connectivity index is 2.30. The fourth-order valence-electron chi connectivity index (χ4n) is 1.67. The Morgan fingerprint density at radius 1 is 1.47 bits per heavy atom. The van der Waals surface area contributed by atoms with Gasteiger partial charge in [0.1, 0.15) is 0 Å². The van der Waals surface area contributed by atoms with Crippen molar-refractivity contribution in [2.45, 2.75) is 13.0 Å². The van der Waals surface area contributed by atoms with Crippen LogP contribution in [0.1, 0.15) is 24.1 Å². The molecule has 15 heavy (non-hydrogen) atoms. The largest absolute Gasteiger partial charge is 0.464 e. The molecule has 1 aromatic rings. The lowest BCUT2D eigenvalue weighted by Gasteiger charge is -2.21. The maximum absolute atomic E-state index is 11.6. The predicted octanol–water partition coefficient (Wildman–Crippen LogP) is 1.86. The van der Waals surface area contributed by atoms with Gasteiger partial charge in [-0.05, 0) is 30.3 Å². The highest BCUT2D eigenvalue weighted by Crippen LogP contribution is 2.23. The van der Waals surface area contributed by atoms with Crippen LogP contribution in [0.25, 0.3) is 6.08 Å². The average Bonchev–Trinajstić information content (AvgIpc) is 2.28. The quantitative estimate of drug-likeness (QED) is 0.746. The van der Waals surface area contributed by atoms with Gasteiger partial charge in [0.2, 0.25) is 0 Å². The van der Waals surface area contributed by atoms with Gasteiger partial charge in [0.25, 0.3) is 0 Å². The summed E-state index contributed by atoms with van der Waals surface area (Å²) in [4.78, 5) is 11.6. The predicted molar refractivity (Wildman–Crippen MR) is 58.0 cm³/mol. The number of rotatable bonds is 2. The Morgan fingerprint density at radius 2 is 2.27 bits per heavy atom. The summed E-state index contributed by atoms with van der Waals surface area (Å²) in [6.45, 7) is 2.21. The summed E-state index contributed by atoms with van der Waals surface area (Å²) in [7, 11) is 0. The van der Waals surface area contributed by atoms with Crippen LogP contribution in [0.4, 0.5) is 0 Å². The van der Waals surface area contributed by atoms with Crippen molar-refractivity contribution in [3.05, 3.63) is 41.6 Å². The maximum Gasteiger partial charge on any atom is 0.333 e. The first-order valence-corrected chi connectivity index (χ1v) is 5.01. The third-order valence-corrected chi connectivity index (χ3v) is 2.36. The summed E-state index contributed by atoms with van der Waals surface area (Å²) in [6, 6.07) is 7.43. The molecular weight excluding hydrogens is 190 g/mol. The summed E-state index contributed by atoms with van der Waals surface area (Å²) in [5, 5.41) is 3.00. The van der Waals surface area contributed by atoms with Crippen LogP contribution in [-0.2, 0) is 9.53 Å². The number of benzene rings is 1. The highest BCUT2D eigenvalue weighted by molar-refractivity contribution is 5.81. The number of ether oxygens (including phenoxy) is 1. The first-order valence-electron chi connectivity index (χ1n) is 5.01. The molecule has 0 aromatic heterocycles. The lowest BCUT2D eigenvalue weighted by atomic mass is 9.98. The van der Waals surface area contributed by atoms with Crippen molar-refractivity contribution >= 4 is 12.0 Å². The molecule has 1 atom stereocenters. The number of nitrogens with one attached hydrogen (secondary N) is 1. The number of fused-ring (bicyclic) bond motifs is 1. The van der Waals surface area contributed by atoms with Gasteiger partial charge in [0, 0.05) is 0 Å². The molecule has 78 valence electrons. The van der Waals surface area contributed by atoms with E-state index in [0.29, 0.717) is 6.61 Å². The fraction of sp³-hybridized carbons (Fsp3) is 0.250. The average molecular weight is 203 g/mol. The molecule has 1 N–H and O–H groups in total. The van der Waals surface area contributed by atoms with Crippen LogP contribution >= 0.6 is 0 Å². The topological polar surface area (TPSA) is 38.3 Å². The molecule has 3 nitrogen and oxygen atoms in total. The van der Waals surface area contributed by atoms with E-state index < -0.39 is 0 Å². The highest BCUT2D eigenvalue weighted by Gasteiger charge is 2.24. The van der Waals surface area contributed by atoms with Gasteiger partial charge >= 0.3 is 5.97 Å². The molecule has 1 heterocycles. The zero-order valence-corrected chi connectivity index (χ0v) is 8.57. The van der Waals surface area contributed by atoms with Crippen LogP contribution < -0.4 is 5.32 Å². The molecule has 1 aromatic carbocycles. The molecule has 0 saturated carbocycles. The second-order valence-corrected chi connectivity index (χ2v) is 3.31. The van der Waals surface area contributed by atoms with Crippen molar-refractivity contribution in [2.75, 3.05) is 6.61 Å². The number of esters is 1. The van der Waals surface area contributed by atoms with Crippen LogP contribution in [0.3, 0.4) is 0 Å². The van der Waals surface area contributed by atoms with Gasteiger partial charge in [0.05, 0.1) is 6.61 Å². The number of carbonyl (C=O) groups is 1. The normalized spacial score (nSPS) is 17.8. The molecule has 0 spiro atoms. The summed E-state index contributed by atoms with van der Waals surface area (Å²) in [5.74, 6) is -0.227. The number of hydrogen-bond acceptors (Lipinski definition) is 3. The Hall–Kier alpha value is -1.77. The van der Waals surface area contributed by atoms with Gasteiger partial charge in [-0.15, -0.1) is 0 Å². The van der Waals surface area contributed by atoms with Crippen molar-refractivity contribution in [1.82, 2.24) is 5.32 Å². The van der Waals surface area contributed by atoms with Gasteiger partial charge in [0.15, 0.2) is 6.04 Å². The molecule has 2 rings (SSSR count). The van der Waals surface area contributed by atoms with Crippen LogP contribution in [-0.4, -0.2) is 12.6 Å². The zero-order valence-electron chi connectivity index (χ0n) is 8.57. The van der Waals surface area contributed by atoms with E-state index >= 15 is 0 Å². The Kier molecular flexibility index (Phi) is 2.72. The van der Waals surface area contributed by atoms with Crippen LogP contribution in [0.5, 0.6) is 0 Å². The third-order valence-electron chi connectivity index (χ3n) is 2.36. The Bertz CT molecular complexity index is 398. The summed E-state index contributed by atoms with van der Waals surface area (Å²) < 4.78 is 5.00. The van der Waals surface area contributed by atoms with E-state index in [1.807, 2.05) is 37.3 Å². The summed E-state index contributed by atoms with van der Waals surface area (Å²) in [6.07, 6.45) is 3.73. The minimum absolute atomic E-state index is 0.227. The second kappa shape index (κ2) is 4.17. The van der Waals surface area contributed by atoms with Crippen LogP contribution in [0.2, 0.25) is 0 Å². The lowest BCUT2D eigenvalue weighted by Crippen LogP contribution is -2.29. The van der Waals surface area contributed by atoms with Gasteiger partial charge in [-0.3, -0.25) is 0 Å². The maximum atomic E-state index is 11.6. The minimum Gasteiger partial charge on any atom is -0.464 e. The number of carbonyl (C=O) groups excluding carboxylic acids is 1. The lowest BCUT2D eigenvalue weighted by molar-refractivity contribution is -0.145. The Labute approximate surface area is 88.8 Å². The molecule has 1 aliphatic rings. The van der Waals surface area contributed by atoms with Gasteiger partial charge < -0.3 is 10.1 Å². The monoisotopic (exact) mass is 203 g/mol. The van der Waals surface area contributed by atoms with Crippen molar-refractivity contribution < 1.29 is 9.53 Å². The first-order chi connectivity index (χ1) is 7.33. The van der Waals surface area contributed by atoms with Crippen LogP contribution in [0.15, 0.2) is 30.5 Å². The molecule has 1 unspecified atom stereocenters. The van der Waals surface area contributed by atoms with E-state index in [-0.39, 0.29) is 12.0 Å². The molecule has 3 heteroatoms. The molecule has 0 bridgehead atoms.